The highest BCUT2D eigenvalue weighted by molar-refractivity contribution is 6.04. The average molecular weight is 289 g/mol. The number of aromatic nitrogens is 4. The lowest BCUT2D eigenvalue weighted by molar-refractivity contribution is 0.102. The van der Waals surface area contributed by atoms with Gasteiger partial charge in [-0.05, 0) is 12.1 Å². The summed E-state index contributed by atoms with van der Waals surface area (Å²) in [5.41, 5.74) is 0.262. The number of ether oxygens (including phenoxy) is 1. The number of nitrogens with zero attached hydrogens (tertiary/aromatic N) is 4. The van der Waals surface area contributed by atoms with Crippen LogP contribution in [0.5, 0.6) is 5.88 Å². The first-order valence-electron chi connectivity index (χ1n) is 5.93. The van der Waals surface area contributed by atoms with E-state index in [1.165, 1.54) is 24.3 Å². The number of anilines is 1. The fourth-order valence-electron chi connectivity index (χ4n) is 1.71. The van der Waals surface area contributed by atoms with E-state index < -0.39 is 5.91 Å². The van der Waals surface area contributed by atoms with Crippen molar-refractivity contribution in [2.45, 2.75) is 0 Å². The number of hydrogen-bond acceptors (Lipinski definition) is 7. The molecule has 3 aromatic rings. The number of aryl methyl sites for hydroxylation is 1. The Morgan fingerprint density at radius 2 is 2.29 bits per heavy atom. The van der Waals surface area contributed by atoms with Crippen LogP contribution >= 0.6 is 0 Å². The molecule has 0 aliphatic carbocycles. The van der Waals surface area contributed by atoms with E-state index in [4.69, 9.17) is 13.6 Å². The van der Waals surface area contributed by atoms with Crippen molar-refractivity contribution in [3.05, 3.63) is 30.2 Å². The molecule has 0 aliphatic rings. The van der Waals surface area contributed by atoms with Crippen molar-refractivity contribution >= 4 is 11.9 Å². The third-order valence-corrected chi connectivity index (χ3v) is 2.61. The highest BCUT2D eigenvalue weighted by atomic mass is 16.5. The highest BCUT2D eigenvalue weighted by Gasteiger charge is 2.19. The molecule has 0 fully saturated rings. The lowest BCUT2D eigenvalue weighted by Gasteiger charge is -1.99. The second-order valence-corrected chi connectivity index (χ2v) is 4.07. The molecule has 3 rings (SSSR count). The highest BCUT2D eigenvalue weighted by Crippen LogP contribution is 2.21. The number of carbonyl (C=O) groups is 1. The lowest BCUT2D eigenvalue weighted by Crippen LogP contribution is -2.12. The summed E-state index contributed by atoms with van der Waals surface area (Å²) in [4.78, 5) is 12.1. The smallest absolute Gasteiger partial charge is 0.322 e. The van der Waals surface area contributed by atoms with Crippen LogP contribution in [0.3, 0.4) is 0 Å². The zero-order valence-electron chi connectivity index (χ0n) is 11.2. The van der Waals surface area contributed by atoms with Crippen molar-refractivity contribution < 1.29 is 18.4 Å². The van der Waals surface area contributed by atoms with Gasteiger partial charge in [-0.1, -0.05) is 5.10 Å². The summed E-state index contributed by atoms with van der Waals surface area (Å²) in [7, 11) is 3.11. The van der Waals surface area contributed by atoms with Crippen LogP contribution in [0.4, 0.5) is 6.01 Å². The Hall–Kier alpha value is -3.10. The SMILES string of the molecule is COc1nn(C)cc1C(=O)Nc1nnc(-c2ccco2)o1. The van der Waals surface area contributed by atoms with Gasteiger partial charge in [-0.25, -0.2) is 0 Å². The normalized spacial score (nSPS) is 10.6. The van der Waals surface area contributed by atoms with Crippen LogP contribution in [-0.2, 0) is 7.05 Å². The van der Waals surface area contributed by atoms with Crippen LogP contribution in [0.2, 0.25) is 0 Å². The minimum Gasteiger partial charge on any atom is -0.479 e. The molecule has 9 heteroatoms. The van der Waals surface area contributed by atoms with Gasteiger partial charge in [0.05, 0.1) is 13.4 Å². The van der Waals surface area contributed by atoms with Crippen LogP contribution in [0.25, 0.3) is 11.7 Å². The lowest BCUT2D eigenvalue weighted by atomic mass is 10.3. The van der Waals surface area contributed by atoms with Gasteiger partial charge >= 0.3 is 6.01 Å². The van der Waals surface area contributed by atoms with E-state index in [1.54, 1.807) is 19.2 Å². The average Bonchev–Trinajstić information content (AvgIpc) is 3.16. The zero-order chi connectivity index (χ0) is 14.8. The van der Waals surface area contributed by atoms with Crippen molar-refractivity contribution in [3.63, 3.8) is 0 Å². The second-order valence-electron chi connectivity index (χ2n) is 4.07. The number of amides is 1. The molecule has 0 aliphatic heterocycles. The molecule has 1 amide bonds. The Balaban J connectivity index is 1.79. The molecule has 0 radical (unpaired) electrons. The quantitative estimate of drug-likeness (QED) is 0.771. The summed E-state index contributed by atoms with van der Waals surface area (Å²) in [6, 6.07) is 3.32. The van der Waals surface area contributed by atoms with E-state index in [0.717, 1.165) is 0 Å². The van der Waals surface area contributed by atoms with E-state index in [9.17, 15) is 4.79 Å². The molecular weight excluding hydrogens is 278 g/mol. The van der Waals surface area contributed by atoms with Gasteiger partial charge in [0.2, 0.25) is 5.88 Å². The Morgan fingerprint density at radius 1 is 1.43 bits per heavy atom. The van der Waals surface area contributed by atoms with Gasteiger partial charge in [0, 0.05) is 13.2 Å². The van der Waals surface area contributed by atoms with Gasteiger partial charge in [-0.3, -0.25) is 14.8 Å². The standard InChI is InChI=1S/C12H11N5O4/c1-17-6-7(10(16-17)19-2)9(18)13-12-15-14-11(21-12)8-4-3-5-20-8/h3-6H,1-2H3,(H,13,15,18). The molecule has 1 N–H and O–H groups in total. The molecule has 0 spiro atoms. The van der Waals surface area contributed by atoms with Crippen molar-refractivity contribution in [1.82, 2.24) is 20.0 Å². The summed E-state index contributed by atoms with van der Waals surface area (Å²) in [5.74, 6) is 0.339. The van der Waals surface area contributed by atoms with Gasteiger partial charge in [-0.15, -0.1) is 10.2 Å². The van der Waals surface area contributed by atoms with Crippen LogP contribution in [0.1, 0.15) is 10.4 Å². The monoisotopic (exact) mass is 289 g/mol. The van der Waals surface area contributed by atoms with Crippen molar-refractivity contribution in [3.8, 4) is 17.5 Å². The third-order valence-electron chi connectivity index (χ3n) is 2.61. The minimum absolute atomic E-state index is 0.0442. The number of hydrogen-bond donors (Lipinski definition) is 1. The maximum Gasteiger partial charge on any atom is 0.322 e. The fraction of sp³-hybridized carbons (Fsp3) is 0.167. The van der Waals surface area contributed by atoms with E-state index in [0.29, 0.717) is 5.76 Å². The summed E-state index contributed by atoms with van der Waals surface area (Å²) < 4.78 is 16.9. The van der Waals surface area contributed by atoms with Gasteiger partial charge in [0.15, 0.2) is 5.76 Å². The fourth-order valence-corrected chi connectivity index (χ4v) is 1.71. The maximum absolute atomic E-state index is 12.1. The Kier molecular flexibility index (Phi) is 3.14. The Labute approximate surface area is 118 Å². The molecule has 0 bridgehead atoms. The molecule has 21 heavy (non-hydrogen) atoms. The summed E-state index contributed by atoms with van der Waals surface area (Å²) in [6.45, 7) is 0. The van der Waals surface area contributed by atoms with Crippen molar-refractivity contribution in [1.29, 1.82) is 0 Å². The van der Waals surface area contributed by atoms with E-state index in [-0.39, 0.29) is 23.3 Å². The molecule has 0 saturated heterocycles. The number of nitrogens with one attached hydrogen (secondary N) is 1. The van der Waals surface area contributed by atoms with Crippen LogP contribution in [-0.4, -0.2) is 33.0 Å². The van der Waals surface area contributed by atoms with Crippen molar-refractivity contribution in [2.24, 2.45) is 7.05 Å². The first-order valence-corrected chi connectivity index (χ1v) is 5.93. The molecule has 9 nitrogen and oxygen atoms in total. The van der Waals surface area contributed by atoms with Gasteiger partial charge < -0.3 is 13.6 Å². The molecule has 0 unspecified atom stereocenters. The minimum atomic E-state index is -0.463. The third kappa shape index (κ3) is 2.48. The van der Waals surface area contributed by atoms with Gasteiger partial charge in [-0.2, -0.15) is 0 Å². The van der Waals surface area contributed by atoms with Gasteiger partial charge in [0.25, 0.3) is 11.8 Å². The molecule has 0 atom stereocenters. The Morgan fingerprint density at radius 3 is 3.00 bits per heavy atom. The second kappa shape index (κ2) is 5.12. The molecular formula is C12H11N5O4. The number of furan rings is 1. The number of methoxy groups -OCH3 is 1. The summed E-state index contributed by atoms with van der Waals surface area (Å²) in [5, 5.41) is 14.0. The predicted octanol–water partition coefficient (Wildman–Crippen LogP) is 1.32. The Bertz CT molecular complexity index is 759. The van der Waals surface area contributed by atoms with E-state index in [2.05, 4.69) is 20.6 Å². The predicted molar refractivity (Wildman–Crippen MR) is 69.7 cm³/mol. The topological polar surface area (TPSA) is 108 Å². The summed E-state index contributed by atoms with van der Waals surface area (Å²) >= 11 is 0. The molecule has 108 valence electrons. The first-order chi connectivity index (χ1) is 10.2. The van der Waals surface area contributed by atoms with Crippen molar-refractivity contribution in [2.75, 3.05) is 12.4 Å². The molecule has 0 saturated carbocycles. The number of rotatable bonds is 4. The van der Waals surface area contributed by atoms with Gasteiger partial charge in [0.1, 0.15) is 5.56 Å². The zero-order valence-corrected chi connectivity index (χ0v) is 11.2. The first kappa shape index (κ1) is 12.9. The van der Waals surface area contributed by atoms with E-state index in [1.807, 2.05) is 0 Å². The van der Waals surface area contributed by atoms with E-state index >= 15 is 0 Å². The van der Waals surface area contributed by atoms with Crippen LogP contribution < -0.4 is 10.1 Å². The molecule has 3 aromatic heterocycles. The largest absolute Gasteiger partial charge is 0.479 e. The summed E-state index contributed by atoms with van der Waals surface area (Å²) in [6.07, 6.45) is 3.01. The number of carbonyl (C=O) groups excluding carboxylic acids is 1. The van der Waals surface area contributed by atoms with Crippen LogP contribution in [0.15, 0.2) is 33.4 Å². The maximum atomic E-state index is 12.1. The molecule has 0 aromatic carbocycles. The van der Waals surface area contributed by atoms with Crippen LogP contribution in [0, 0.1) is 0 Å². The molecule has 3 heterocycles.